The van der Waals surface area contributed by atoms with Gasteiger partial charge in [-0.2, -0.15) is 0 Å². The van der Waals surface area contributed by atoms with E-state index in [2.05, 4.69) is 36.1 Å². The molecule has 1 saturated heterocycles. The van der Waals surface area contributed by atoms with E-state index < -0.39 is 0 Å². The summed E-state index contributed by atoms with van der Waals surface area (Å²) >= 11 is 9.83. The van der Waals surface area contributed by atoms with Crippen molar-refractivity contribution in [3.8, 4) is 11.6 Å². The molecule has 0 radical (unpaired) electrons. The van der Waals surface area contributed by atoms with Gasteiger partial charge in [-0.3, -0.25) is 4.90 Å². The average molecular weight is 479 g/mol. The molecule has 0 N–H and O–H groups in total. The highest BCUT2D eigenvalue weighted by Crippen LogP contribution is 2.37. The van der Waals surface area contributed by atoms with Crippen LogP contribution in [0.5, 0.6) is 11.6 Å². The zero-order chi connectivity index (χ0) is 20.0. The second kappa shape index (κ2) is 7.83. The molecule has 152 valence electrons. The Kier molecular flexibility index (Phi) is 5.19. The highest BCUT2D eigenvalue weighted by Gasteiger charge is 2.28. The smallest absolute Gasteiger partial charge is 0.223 e. The predicted molar refractivity (Wildman–Crippen MR) is 113 cm³/mol. The largest absolute Gasteiger partial charge is 0.437 e. The van der Waals surface area contributed by atoms with Crippen molar-refractivity contribution in [2.24, 2.45) is 5.92 Å². The molecule has 0 spiro atoms. The van der Waals surface area contributed by atoms with Crippen LogP contribution < -0.4 is 4.74 Å². The first-order chi connectivity index (χ1) is 14.1. The van der Waals surface area contributed by atoms with Gasteiger partial charge in [0, 0.05) is 45.0 Å². The summed E-state index contributed by atoms with van der Waals surface area (Å²) in [6.07, 6.45) is 4.45. The van der Waals surface area contributed by atoms with E-state index in [0.717, 1.165) is 46.6 Å². The van der Waals surface area contributed by atoms with Crippen molar-refractivity contribution in [1.29, 1.82) is 0 Å². The maximum absolute atomic E-state index is 6.19. The van der Waals surface area contributed by atoms with Crippen molar-refractivity contribution in [1.82, 2.24) is 24.9 Å². The van der Waals surface area contributed by atoms with E-state index in [1.54, 1.807) is 13.3 Å². The normalized spacial score (nSPS) is 17.6. The number of rotatable bonds is 7. The Hall–Kier alpha value is -1.74. The van der Waals surface area contributed by atoms with Gasteiger partial charge in [-0.05, 0) is 52.9 Å². The summed E-state index contributed by atoms with van der Waals surface area (Å²) in [4.78, 5) is 6.70. The van der Waals surface area contributed by atoms with Gasteiger partial charge in [0.25, 0.3) is 0 Å². The van der Waals surface area contributed by atoms with Gasteiger partial charge in [-0.25, -0.2) is 9.67 Å². The zero-order valence-electron chi connectivity index (χ0n) is 16.0. The maximum atomic E-state index is 6.19. The number of pyridine rings is 1. The van der Waals surface area contributed by atoms with Crippen molar-refractivity contribution < 1.29 is 9.47 Å². The van der Waals surface area contributed by atoms with Crippen molar-refractivity contribution in [3.63, 3.8) is 0 Å². The molecule has 1 aromatic carbocycles. The summed E-state index contributed by atoms with van der Waals surface area (Å²) in [7, 11) is 1.74. The van der Waals surface area contributed by atoms with Crippen LogP contribution in [-0.4, -0.2) is 51.2 Å². The fraction of sp³-hybridized carbons (Fsp3) is 0.450. The van der Waals surface area contributed by atoms with Crippen LogP contribution in [0.15, 0.2) is 28.9 Å². The molecule has 3 heterocycles. The summed E-state index contributed by atoms with van der Waals surface area (Å²) in [5.74, 6) is 1.93. The van der Waals surface area contributed by atoms with Gasteiger partial charge >= 0.3 is 0 Å². The van der Waals surface area contributed by atoms with Crippen molar-refractivity contribution in [2.45, 2.75) is 32.0 Å². The summed E-state index contributed by atoms with van der Waals surface area (Å²) in [6, 6.07) is 5.85. The first-order valence-electron chi connectivity index (χ1n) is 9.70. The molecular weight excluding hydrogens is 458 g/mol. The number of fused-ring (bicyclic) bond motifs is 1. The molecule has 2 aromatic heterocycles. The van der Waals surface area contributed by atoms with E-state index in [1.807, 2.05) is 22.9 Å². The van der Waals surface area contributed by atoms with E-state index in [0.29, 0.717) is 29.3 Å². The Morgan fingerprint density at radius 2 is 2.10 bits per heavy atom. The maximum Gasteiger partial charge on any atom is 0.223 e. The lowest BCUT2D eigenvalue weighted by atomic mass is 10.1. The minimum atomic E-state index is 0.293. The fourth-order valence-corrected chi connectivity index (χ4v) is 4.24. The molecule has 2 fully saturated rings. The van der Waals surface area contributed by atoms with Gasteiger partial charge in [0.1, 0.15) is 11.3 Å². The molecule has 1 aliphatic carbocycles. The summed E-state index contributed by atoms with van der Waals surface area (Å²) < 4.78 is 14.3. The lowest BCUT2D eigenvalue weighted by molar-refractivity contribution is -0.0336. The number of methoxy groups -OCH3 is 1. The SMILES string of the molecule is COC1CN(Cc2cc(Cl)cnc2Oc2ccc3c(nnn3CC3CC3)c2Br)C1. The van der Waals surface area contributed by atoms with Gasteiger partial charge in [0.2, 0.25) is 5.88 Å². The quantitative estimate of drug-likeness (QED) is 0.505. The van der Waals surface area contributed by atoms with E-state index in [9.17, 15) is 0 Å². The standard InChI is InChI=1S/C20H21BrClN5O2/c1-28-15-10-26(11-15)9-13-6-14(22)7-23-20(13)29-17-5-4-16-19(18(17)21)24-25-27(16)8-12-2-3-12/h4-7,12,15H,2-3,8-11H2,1H3. The molecule has 2 aliphatic rings. The molecule has 0 amide bonds. The molecule has 29 heavy (non-hydrogen) atoms. The summed E-state index contributed by atoms with van der Waals surface area (Å²) in [5.41, 5.74) is 2.74. The van der Waals surface area contributed by atoms with Gasteiger partial charge in [0.15, 0.2) is 0 Å². The number of hydrogen-bond donors (Lipinski definition) is 0. The van der Waals surface area contributed by atoms with E-state index in [-0.39, 0.29) is 0 Å². The van der Waals surface area contributed by atoms with Crippen LogP contribution in [0.1, 0.15) is 18.4 Å². The van der Waals surface area contributed by atoms with Crippen LogP contribution >= 0.6 is 27.5 Å². The third-order valence-electron chi connectivity index (χ3n) is 5.47. The Labute approximate surface area is 182 Å². The highest BCUT2D eigenvalue weighted by atomic mass is 79.9. The topological polar surface area (TPSA) is 65.3 Å². The van der Waals surface area contributed by atoms with Crippen LogP contribution in [0.3, 0.4) is 0 Å². The Morgan fingerprint density at radius 1 is 1.28 bits per heavy atom. The number of ether oxygens (including phenoxy) is 2. The number of hydrogen-bond acceptors (Lipinski definition) is 6. The minimum absolute atomic E-state index is 0.293. The highest BCUT2D eigenvalue weighted by molar-refractivity contribution is 9.10. The molecule has 0 unspecified atom stereocenters. The number of benzene rings is 1. The first kappa shape index (κ1) is 19.2. The van der Waals surface area contributed by atoms with Crippen LogP contribution in [0.4, 0.5) is 0 Å². The molecule has 0 atom stereocenters. The van der Waals surface area contributed by atoms with E-state index in [4.69, 9.17) is 21.1 Å². The summed E-state index contributed by atoms with van der Waals surface area (Å²) in [6.45, 7) is 3.41. The number of halogens is 2. The third-order valence-corrected chi connectivity index (χ3v) is 6.44. The molecule has 9 heteroatoms. The number of nitrogens with zero attached hydrogens (tertiary/aromatic N) is 5. The van der Waals surface area contributed by atoms with Gasteiger partial charge in [-0.1, -0.05) is 16.8 Å². The molecule has 1 aliphatic heterocycles. The Morgan fingerprint density at radius 3 is 2.86 bits per heavy atom. The molecule has 7 nitrogen and oxygen atoms in total. The third kappa shape index (κ3) is 3.99. The van der Waals surface area contributed by atoms with Crippen molar-refractivity contribution in [2.75, 3.05) is 20.2 Å². The predicted octanol–water partition coefficient (Wildman–Crippen LogP) is 4.28. The minimum Gasteiger partial charge on any atom is -0.437 e. The van der Waals surface area contributed by atoms with E-state index >= 15 is 0 Å². The monoisotopic (exact) mass is 477 g/mol. The second-order valence-corrected chi connectivity index (χ2v) is 8.96. The Balaban J connectivity index is 1.39. The van der Waals surface area contributed by atoms with Crippen LogP contribution in [-0.2, 0) is 17.8 Å². The van der Waals surface area contributed by atoms with Crippen LogP contribution in [0.25, 0.3) is 11.0 Å². The Bertz CT molecular complexity index is 1050. The molecular formula is C20H21BrClN5O2. The number of likely N-dealkylation sites (tertiary alicyclic amines) is 1. The fourth-order valence-electron chi connectivity index (χ4n) is 3.56. The molecule has 3 aromatic rings. The lowest BCUT2D eigenvalue weighted by Gasteiger charge is -2.38. The van der Waals surface area contributed by atoms with Gasteiger partial charge < -0.3 is 9.47 Å². The molecule has 0 bridgehead atoms. The summed E-state index contributed by atoms with van der Waals surface area (Å²) in [5, 5.41) is 9.26. The van der Waals surface area contributed by atoms with E-state index in [1.165, 1.54) is 12.8 Å². The van der Waals surface area contributed by atoms with Crippen LogP contribution in [0.2, 0.25) is 5.02 Å². The van der Waals surface area contributed by atoms with Gasteiger partial charge in [0.05, 0.1) is 21.1 Å². The first-order valence-corrected chi connectivity index (χ1v) is 10.9. The van der Waals surface area contributed by atoms with Crippen molar-refractivity contribution >= 4 is 38.6 Å². The lowest BCUT2D eigenvalue weighted by Crippen LogP contribution is -2.50. The second-order valence-electron chi connectivity index (χ2n) is 7.73. The number of aromatic nitrogens is 4. The zero-order valence-corrected chi connectivity index (χ0v) is 18.4. The van der Waals surface area contributed by atoms with Crippen molar-refractivity contribution in [3.05, 3.63) is 39.5 Å². The van der Waals surface area contributed by atoms with Crippen LogP contribution in [0, 0.1) is 5.92 Å². The molecule has 1 saturated carbocycles. The average Bonchev–Trinajstić information content (AvgIpc) is 3.40. The van der Waals surface area contributed by atoms with Gasteiger partial charge in [-0.15, -0.1) is 5.10 Å². The molecule has 5 rings (SSSR count).